The lowest BCUT2D eigenvalue weighted by atomic mass is 10.1. The molecule has 1 heterocycles. The van der Waals surface area contributed by atoms with E-state index in [-0.39, 0.29) is 0 Å². The summed E-state index contributed by atoms with van der Waals surface area (Å²) in [6.07, 6.45) is -2.70. The molecule has 7 nitrogen and oxygen atoms in total. The van der Waals surface area contributed by atoms with E-state index in [9.17, 15) is 23.7 Å². The van der Waals surface area contributed by atoms with Crippen LogP contribution in [0.4, 0.5) is 14.5 Å². The number of hydrogen-bond donors (Lipinski definition) is 0. The molecule has 0 unspecified atom stereocenters. The fraction of sp³-hybridized carbons (Fsp3) is 0.222. The molecule has 0 amide bonds. The first kappa shape index (κ1) is 13.4. The third-order valence-electron chi connectivity index (χ3n) is 1.99. The highest BCUT2D eigenvalue weighted by molar-refractivity contribution is 5.91. The zero-order valence-corrected chi connectivity index (χ0v) is 8.89. The summed E-state index contributed by atoms with van der Waals surface area (Å²) >= 11 is 0. The molecule has 1 aromatic heterocycles. The predicted octanol–water partition coefficient (Wildman–Crippen LogP) is 1.59. The Labute approximate surface area is 98.8 Å². The van der Waals surface area contributed by atoms with Crippen molar-refractivity contribution < 1.29 is 23.2 Å². The summed E-state index contributed by atoms with van der Waals surface area (Å²) in [6, 6.07) is 1.32. The number of halogens is 2. The van der Waals surface area contributed by atoms with E-state index in [0.29, 0.717) is 6.20 Å². The summed E-state index contributed by atoms with van der Waals surface area (Å²) < 4.78 is 29.3. The zero-order valence-electron chi connectivity index (χ0n) is 8.89. The summed E-state index contributed by atoms with van der Waals surface area (Å²) in [7, 11) is 0.970. The van der Waals surface area contributed by atoms with Crippen LogP contribution in [0.25, 0.3) is 0 Å². The number of aromatic nitrogens is 1. The smallest absolute Gasteiger partial charge is 0.358 e. The molecule has 0 saturated heterocycles. The number of nitriles is 1. The number of nitro groups is 1. The minimum Gasteiger partial charge on any atom is -0.464 e. The van der Waals surface area contributed by atoms with E-state index in [0.717, 1.165) is 7.11 Å². The van der Waals surface area contributed by atoms with Gasteiger partial charge in [-0.2, -0.15) is 5.26 Å². The van der Waals surface area contributed by atoms with Gasteiger partial charge in [0.1, 0.15) is 11.6 Å². The third-order valence-corrected chi connectivity index (χ3v) is 1.99. The van der Waals surface area contributed by atoms with Crippen molar-refractivity contribution in [2.45, 2.75) is 6.43 Å². The summed E-state index contributed by atoms with van der Waals surface area (Å²) in [4.78, 5) is 24.1. The quantitative estimate of drug-likeness (QED) is 0.462. The Bertz CT molecular complexity index is 553. The number of hydrogen-bond acceptors (Lipinski definition) is 6. The molecule has 0 saturated carbocycles. The maximum Gasteiger partial charge on any atom is 0.358 e. The van der Waals surface area contributed by atoms with Gasteiger partial charge in [0.25, 0.3) is 12.1 Å². The molecule has 0 spiro atoms. The molecule has 0 N–H and O–H groups in total. The molecule has 0 radical (unpaired) electrons. The first-order chi connectivity index (χ1) is 8.43. The van der Waals surface area contributed by atoms with E-state index in [1.165, 1.54) is 6.07 Å². The molecule has 9 heteroatoms. The zero-order chi connectivity index (χ0) is 13.9. The van der Waals surface area contributed by atoms with E-state index in [2.05, 4.69) is 9.72 Å². The SMILES string of the molecule is COC(=O)c1ncc(C(F)F)c([N+](=O)[O-])c1C#N. The highest BCUT2D eigenvalue weighted by atomic mass is 19.3. The van der Waals surface area contributed by atoms with Crippen LogP contribution in [-0.2, 0) is 4.74 Å². The Morgan fingerprint density at radius 2 is 2.28 bits per heavy atom. The Balaban J connectivity index is 3.65. The lowest BCUT2D eigenvalue weighted by Gasteiger charge is -2.05. The van der Waals surface area contributed by atoms with Crippen LogP contribution < -0.4 is 0 Å². The number of pyridine rings is 1. The van der Waals surface area contributed by atoms with Gasteiger partial charge in [0, 0.05) is 6.20 Å². The number of carbonyl (C=O) groups is 1. The molecule has 0 atom stereocenters. The fourth-order valence-corrected chi connectivity index (χ4v) is 1.23. The van der Waals surface area contributed by atoms with Gasteiger partial charge in [-0.1, -0.05) is 0 Å². The van der Waals surface area contributed by atoms with Crippen molar-refractivity contribution in [3.05, 3.63) is 33.1 Å². The standard InChI is InChI=1S/C9H5F2N3O4/c1-18-9(15)6-4(2-12)7(14(16)17)5(3-13-6)8(10)11/h3,8H,1H3. The minimum absolute atomic E-state index is 0.482. The van der Waals surface area contributed by atoms with Crippen molar-refractivity contribution in [2.24, 2.45) is 0 Å². The van der Waals surface area contributed by atoms with Gasteiger partial charge in [-0.25, -0.2) is 18.6 Å². The largest absolute Gasteiger partial charge is 0.464 e. The van der Waals surface area contributed by atoms with Crippen molar-refractivity contribution in [3.63, 3.8) is 0 Å². The van der Waals surface area contributed by atoms with E-state index in [1.807, 2.05) is 0 Å². The third kappa shape index (κ3) is 2.22. The van der Waals surface area contributed by atoms with Gasteiger partial charge in [0.05, 0.1) is 12.0 Å². The first-order valence-corrected chi connectivity index (χ1v) is 4.37. The van der Waals surface area contributed by atoms with Crippen LogP contribution in [0.5, 0.6) is 0 Å². The van der Waals surface area contributed by atoms with Crippen molar-refractivity contribution >= 4 is 11.7 Å². The van der Waals surface area contributed by atoms with Crippen molar-refractivity contribution in [1.82, 2.24) is 4.98 Å². The van der Waals surface area contributed by atoms with E-state index < -0.39 is 39.8 Å². The lowest BCUT2D eigenvalue weighted by molar-refractivity contribution is -0.386. The maximum absolute atomic E-state index is 12.5. The highest BCUT2D eigenvalue weighted by Gasteiger charge is 2.31. The van der Waals surface area contributed by atoms with Gasteiger partial charge in [0.2, 0.25) is 0 Å². The van der Waals surface area contributed by atoms with Gasteiger partial charge in [-0.15, -0.1) is 0 Å². The average molecular weight is 257 g/mol. The Morgan fingerprint density at radius 1 is 1.67 bits per heavy atom. The Hall–Kier alpha value is -2.63. The van der Waals surface area contributed by atoms with Crippen LogP contribution in [0.1, 0.15) is 28.0 Å². The number of rotatable bonds is 3. The molecule has 0 bridgehead atoms. The van der Waals surface area contributed by atoms with Gasteiger partial charge in [-0.05, 0) is 0 Å². The fourth-order valence-electron chi connectivity index (χ4n) is 1.23. The van der Waals surface area contributed by atoms with Gasteiger partial charge in [-0.3, -0.25) is 10.1 Å². The van der Waals surface area contributed by atoms with Crippen LogP contribution in [0.3, 0.4) is 0 Å². The average Bonchev–Trinajstić information content (AvgIpc) is 2.35. The Morgan fingerprint density at radius 3 is 2.67 bits per heavy atom. The number of alkyl halides is 2. The second-order valence-electron chi connectivity index (χ2n) is 2.95. The summed E-state index contributed by atoms with van der Waals surface area (Å²) in [5.74, 6) is -1.12. The monoisotopic (exact) mass is 257 g/mol. The number of carbonyl (C=O) groups excluding carboxylic acids is 1. The topological polar surface area (TPSA) is 106 Å². The van der Waals surface area contributed by atoms with Crippen molar-refractivity contribution in [1.29, 1.82) is 5.26 Å². The summed E-state index contributed by atoms with van der Waals surface area (Å²) in [5.41, 5.74) is -3.67. The van der Waals surface area contributed by atoms with Gasteiger partial charge in [0.15, 0.2) is 11.3 Å². The maximum atomic E-state index is 12.5. The Kier molecular flexibility index (Phi) is 3.83. The summed E-state index contributed by atoms with van der Waals surface area (Å²) in [6.45, 7) is 0. The predicted molar refractivity (Wildman–Crippen MR) is 51.9 cm³/mol. The van der Waals surface area contributed by atoms with E-state index >= 15 is 0 Å². The highest BCUT2D eigenvalue weighted by Crippen LogP contribution is 2.32. The second-order valence-corrected chi connectivity index (χ2v) is 2.95. The van der Waals surface area contributed by atoms with Crippen molar-refractivity contribution in [2.75, 3.05) is 7.11 Å². The molecule has 94 valence electrons. The molecular weight excluding hydrogens is 252 g/mol. The minimum atomic E-state index is -3.18. The first-order valence-electron chi connectivity index (χ1n) is 4.37. The van der Waals surface area contributed by atoms with Crippen LogP contribution >= 0.6 is 0 Å². The van der Waals surface area contributed by atoms with Gasteiger partial charge >= 0.3 is 5.97 Å². The molecule has 0 aliphatic carbocycles. The summed E-state index contributed by atoms with van der Waals surface area (Å²) in [5, 5.41) is 19.5. The molecule has 18 heavy (non-hydrogen) atoms. The number of esters is 1. The van der Waals surface area contributed by atoms with Gasteiger partial charge < -0.3 is 4.74 Å². The normalized spacial score (nSPS) is 9.94. The molecular formula is C9H5F2N3O4. The molecule has 1 rings (SSSR count). The van der Waals surface area contributed by atoms with Crippen LogP contribution in [-0.4, -0.2) is 23.0 Å². The molecule has 1 aromatic rings. The number of nitrogens with zero attached hydrogens (tertiary/aromatic N) is 3. The number of ether oxygens (including phenoxy) is 1. The molecule has 0 aromatic carbocycles. The van der Waals surface area contributed by atoms with E-state index in [1.54, 1.807) is 0 Å². The van der Waals surface area contributed by atoms with Crippen molar-refractivity contribution in [3.8, 4) is 6.07 Å². The molecule has 0 aliphatic heterocycles. The van der Waals surface area contributed by atoms with Crippen LogP contribution in [0.15, 0.2) is 6.20 Å². The lowest BCUT2D eigenvalue weighted by Crippen LogP contribution is -2.11. The van der Waals surface area contributed by atoms with Crippen LogP contribution in [0.2, 0.25) is 0 Å². The van der Waals surface area contributed by atoms with Crippen LogP contribution in [0, 0.1) is 21.4 Å². The number of methoxy groups -OCH3 is 1. The second kappa shape index (κ2) is 5.13. The molecule has 0 fully saturated rings. The van der Waals surface area contributed by atoms with E-state index in [4.69, 9.17) is 5.26 Å². The molecule has 0 aliphatic rings.